The molecule has 3 aromatic carbocycles. The van der Waals surface area contributed by atoms with Gasteiger partial charge in [-0.15, -0.1) is 0 Å². The quantitative estimate of drug-likeness (QED) is 0.511. The van der Waals surface area contributed by atoms with Gasteiger partial charge in [0.2, 0.25) is 11.8 Å². The van der Waals surface area contributed by atoms with E-state index in [0.717, 1.165) is 16.7 Å². The van der Waals surface area contributed by atoms with E-state index in [1.54, 1.807) is 17.0 Å². The second-order valence-corrected chi connectivity index (χ2v) is 8.68. The second kappa shape index (κ2) is 11.4. The standard InChI is InChI=1S/C28H31FN2O2/c1-20(2)30-28(33)26(17-22-9-5-4-6-10-22)31(19-24-11-7-8-21(3)16-24)27(32)18-23-12-14-25(29)15-13-23/h4-16,20,26H,17-19H2,1-3H3,(H,30,33)/t26-/m0/s1. The van der Waals surface area contributed by atoms with Crippen molar-refractivity contribution >= 4 is 11.8 Å². The molecule has 1 atom stereocenters. The summed E-state index contributed by atoms with van der Waals surface area (Å²) < 4.78 is 13.4. The number of amides is 2. The molecule has 3 rings (SSSR count). The van der Waals surface area contributed by atoms with Gasteiger partial charge in [0, 0.05) is 19.0 Å². The molecule has 0 heterocycles. The van der Waals surface area contributed by atoms with Gasteiger partial charge in [-0.3, -0.25) is 9.59 Å². The van der Waals surface area contributed by atoms with Crippen LogP contribution in [-0.2, 0) is 29.0 Å². The molecule has 0 fully saturated rings. The first kappa shape index (κ1) is 24.2. The van der Waals surface area contributed by atoms with Crippen LogP contribution in [0, 0.1) is 12.7 Å². The molecule has 0 saturated heterocycles. The average molecular weight is 447 g/mol. The van der Waals surface area contributed by atoms with Crippen molar-refractivity contribution in [3.05, 3.63) is 107 Å². The summed E-state index contributed by atoms with van der Waals surface area (Å²) >= 11 is 0. The summed E-state index contributed by atoms with van der Waals surface area (Å²) in [6, 6.07) is 22.8. The van der Waals surface area contributed by atoms with E-state index in [0.29, 0.717) is 18.5 Å². The lowest BCUT2D eigenvalue weighted by atomic mass is 10.0. The van der Waals surface area contributed by atoms with E-state index in [9.17, 15) is 14.0 Å². The molecule has 5 heteroatoms. The molecular formula is C28H31FN2O2. The first-order chi connectivity index (χ1) is 15.8. The van der Waals surface area contributed by atoms with Crippen LogP contribution in [0.15, 0.2) is 78.9 Å². The number of hydrogen-bond acceptors (Lipinski definition) is 2. The molecule has 4 nitrogen and oxygen atoms in total. The summed E-state index contributed by atoms with van der Waals surface area (Å²) in [5.74, 6) is -0.710. The van der Waals surface area contributed by atoms with Gasteiger partial charge in [-0.25, -0.2) is 4.39 Å². The van der Waals surface area contributed by atoms with Crippen LogP contribution in [0.3, 0.4) is 0 Å². The van der Waals surface area contributed by atoms with Gasteiger partial charge in [0.15, 0.2) is 0 Å². The normalized spacial score (nSPS) is 11.8. The molecule has 0 unspecified atom stereocenters. The number of hydrogen-bond donors (Lipinski definition) is 1. The molecule has 0 bridgehead atoms. The van der Waals surface area contributed by atoms with E-state index in [1.807, 2.05) is 75.4 Å². The highest BCUT2D eigenvalue weighted by atomic mass is 19.1. The van der Waals surface area contributed by atoms with E-state index in [2.05, 4.69) is 5.32 Å². The highest BCUT2D eigenvalue weighted by Gasteiger charge is 2.30. The fourth-order valence-electron chi connectivity index (χ4n) is 3.82. The van der Waals surface area contributed by atoms with Crippen LogP contribution in [0.1, 0.15) is 36.1 Å². The van der Waals surface area contributed by atoms with Gasteiger partial charge in [-0.05, 0) is 49.6 Å². The second-order valence-electron chi connectivity index (χ2n) is 8.68. The molecule has 2 amide bonds. The van der Waals surface area contributed by atoms with Crippen LogP contribution in [0.4, 0.5) is 4.39 Å². The summed E-state index contributed by atoms with van der Waals surface area (Å²) in [6.45, 7) is 6.12. The molecule has 0 saturated carbocycles. The molecular weight excluding hydrogens is 415 g/mol. The minimum Gasteiger partial charge on any atom is -0.352 e. The van der Waals surface area contributed by atoms with Gasteiger partial charge in [0.05, 0.1) is 6.42 Å². The van der Waals surface area contributed by atoms with Crippen molar-refractivity contribution in [2.45, 2.75) is 52.2 Å². The van der Waals surface area contributed by atoms with Crippen LogP contribution >= 0.6 is 0 Å². The molecule has 0 spiro atoms. The lowest BCUT2D eigenvalue weighted by Gasteiger charge is -2.32. The van der Waals surface area contributed by atoms with Crippen molar-refractivity contribution in [3.63, 3.8) is 0 Å². The van der Waals surface area contributed by atoms with Gasteiger partial charge < -0.3 is 10.2 Å². The van der Waals surface area contributed by atoms with Crippen molar-refractivity contribution in [3.8, 4) is 0 Å². The topological polar surface area (TPSA) is 49.4 Å². The minimum atomic E-state index is -0.678. The molecule has 33 heavy (non-hydrogen) atoms. The number of nitrogens with zero attached hydrogens (tertiary/aromatic N) is 1. The Morgan fingerprint density at radius 2 is 1.55 bits per heavy atom. The van der Waals surface area contributed by atoms with Gasteiger partial charge in [0.25, 0.3) is 0 Å². The highest BCUT2D eigenvalue weighted by molar-refractivity contribution is 5.89. The zero-order valence-electron chi connectivity index (χ0n) is 19.4. The number of benzene rings is 3. The monoisotopic (exact) mass is 446 g/mol. The van der Waals surface area contributed by atoms with Crippen molar-refractivity contribution in [2.24, 2.45) is 0 Å². The van der Waals surface area contributed by atoms with Crippen molar-refractivity contribution in [1.29, 1.82) is 0 Å². The maximum atomic E-state index is 13.6. The maximum Gasteiger partial charge on any atom is 0.243 e. The fraction of sp³-hybridized carbons (Fsp3) is 0.286. The Kier molecular flexibility index (Phi) is 8.36. The summed E-state index contributed by atoms with van der Waals surface area (Å²) in [4.78, 5) is 28.5. The molecule has 3 aromatic rings. The molecule has 0 radical (unpaired) electrons. The van der Waals surface area contributed by atoms with E-state index < -0.39 is 6.04 Å². The molecule has 0 aliphatic heterocycles. The molecule has 0 aliphatic carbocycles. The summed E-state index contributed by atoms with van der Waals surface area (Å²) in [5, 5.41) is 2.98. The minimum absolute atomic E-state index is 0.0520. The number of nitrogens with one attached hydrogen (secondary N) is 1. The van der Waals surface area contributed by atoms with Crippen molar-refractivity contribution in [2.75, 3.05) is 0 Å². The Morgan fingerprint density at radius 3 is 2.18 bits per heavy atom. The Bertz CT molecular complexity index is 1060. The fourth-order valence-corrected chi connectivity index (χ4v) is 3.82. The predicted octanol–water partition coefficient (Wildman–Crippen LogP) is 4.84. The zero-order chi connectivity index (χ0) is 23.8. The van der Waals surface area contributed by atoms with Gasteiger partial charge in [-0.1, -0.05) is 72.3 Å². The number of aryl methyl sites for hydroxylation is 1. The van der Waals surface area contributed by atoms with Gasteiger partial charge in [-0.2, -0.15) is 0 Å². The first-order valence-electron chi connectivity index (χ1n) is 11.3. The van der Waals surface area contributed by atoms with Crippen LogP contribution in [0.25, 0.3) is 0 Å². The van der Waals surface area contributed by atoms with Crippen LogP contribution in [0.5, 0.6) is 0 Å². The van der Waals surface area contributed by atoms with Crippen molar-refractivity contribution < 1.29 is 14.0 Å². The van der Waals surface area contributed by atoms with Crippen LogP contribution in [0.2, 0.25) is 0 Å². The third kappa shape index (κ3) is 7.28. The number of rotatable bonds is 9. The first-order valence-corrected chi connectivity index (χ1v) is 11.3. The summed E-state index contributed by atoms with van der Waals surface area (Å²) in [5.41, 5.74) is 3.73. The molecule has 0 aromatic heterocycles. The van der Waals surface area contributed by atoms with Crippen LogP contribution in [-0.4, -0.2) is 28.8 Å². The molecule has 1 N–H and O–H groups in total. The third-order valence-corrected chi connectivity index (χ3v) is 5.41. The van der Waals surface area contributed by atoms with Crippen molar-refractivity contribution in [1.82, 2.24) is 10.2 Å². The Balaban J connectivity index is 1.96. The number of carbonyl (C=O) groups excluding carboxylic acids is 2. The van der Waals surface area contributed by atoms with E-state index in [1.165, 1.54) is 12.1 Å². The van der Waals surface area contributed by atoms with Gasteiger partial charge in [0.1, 0.15) is 11.9 Å². The Labute approximate surface area is 195 Å². The van der Waals surface area contributed by atoms with Crippen LogP contribution < -0.4 is 5.32 Å². The van der Waals surface area contributed by atoms with Gasteiger partial charge >= 0.3 is 0 Å². The lowest BCUT2D eigenvalue weighted by molar-refractivity contribution is -0.141. The Hall–Kier alpha value is -3.47. The number of halogens is 1. The Morgan fingerprint density at radius 1 is 0.879 bits per heavy atom. The summed E-state index contributed by atoms with van der Waals surface area (Å²) in [7, 11) is 0. The van der Waals surface area contributed by atoms with E-state index in [-0.39, 0.29) is 30.1 Å². The third-order valence-electron chi connectivity index (χ3n) is 5.41. The lowest BCUT2D eigenvalue weighted by Crippen LogP contribution is -2.52. The number of carbonyl (C=O) groups is 2. The molecule has 0 aliphatic rings. The SMILES string of the molecule is Cc1cccc(CN(C(=O)Cc2ccc(F)cc2)[C@@H](Cc2ccccc2)C(=O)NC(C)C)c1. The molecule has 172 valence electrons. The predicted molar refractivity (Wildman–Crippen MR) is 129 cm³/mol. The van der Waals surface area contributed by atoms with E-state index >= 15 is 0 Å². The smallest absolute Gasteiger partial charge is 0.243 e. The maximum absolute atomic E-state index is 13.6. The summed E-state index contributed by atoms with van der Waals surface area (Å²) in [6.07, 6.45) is 0.493. The van der Waals surface area contributed by atoms with E-state index in [4.69, 9.17) is 0 Å². The zero-order valence-corrected chi connectivity index (χ0v) is 19.4. The highest BCUT2D eigenvalue weighted by Crippen LogP contribution is 2.17. The average Bonchev–Trinajstić information content (AvgIpc) is 2.78. The largest absolute Gasteiger partial charge is 0.352 e.